The Morgan fingerprint density at radius 1 is 1.23 bits per heavy atom. The van der Waals surface area contributed by atoms with Crippen LogP contribution >= 0.6 is 0 Å². The minimum atomic E-state index is 0.282. The zero-order valence-corrected chi connectivity index (χ0v) is 12.3. The van der Waals surface area contributed by atoms with Crippen molar-refractivity contribution in [3.63, 3.8) is 0 Å². The van der Waals surface area contributed by atoms with Crippen LogP contribution in [0.4, 0.5) is 0 Å². The zero-order valence-electron chi connectivity index (χ0n) is 12.3. The molecule has 0 radical (unpaired) electrons. The Kier molecular flexibility index (Phi) is 3.38. The maximum absolute atomic E-state index is 9.74. The van der Waals surface area contributed by atoms with E-state index in [0.29, 0.717) is 12.3 Å². The van der Waals surface area contributed by atoms with Gasteiger partial charge in [-0.05, 0) is 49.5 Å². The van der Waals surface area contributed by atoms with E-state index in [1.54, 1.807) is 6.20 Å². The molecule has 22 heavy (non-hydrogen) atoms. The number of fused-ring (bicyclic) bond motifs is 1. The number of aromatic nitrogens is 2. The lowest BCUT2D eigenvalue weighted by Gasteiger charge is -2.22. The first-order valence-corrected chi connectivity index (χ1v) is 7.66. The zero-order chi connectivity index (χ0) is 14.9. The van der Waals surface area contributed by atoms with Crippen molar-refractivity contribution in [2.24, 2.45) is 0 Å². The Bertz CT molecular complexity index is 677. The van der Waals surface area contributed by atoms with Gasteiger partial charge >= 0.3 is 0 Å². The third kappa shape index (κ3) is 2.50. The molecule has 0 unspecified atom stereocenters. The number of nitrogens with zero attached hydrogens (tertiary/aromatic N) is 2. The predicted molar refractivity (Wildman–Crippen MR) is 79.6 cm³/mol. The van der Waals surface area contributed by atoms with Gasteiger partial charge in [0.2, 0.25) is 6.79 Å². The molecule has 1 fully saturated rings. The largest absolute Gasteiger partial charge is 0.454 e. The second kappa shape index (κ2) is 5.53. The molecule has 116 valence electrons. The van der Waals surface area contributed by atoms with E-state index in [9.17, 15) is 5.21 Å². The second-order valence-electron chi connectivity index (χ2n) is 5.84. The Morgan fingerprint density at radius 2 is 2.05 bits per heavy atom. The monoisotopic (exact) mass is 301 g/mol. The fraction of sp³-hybridized carbons (Fsp3) is 0.438. The van der Waals surface area contributed by atoms with Crippen molar-refractivity contribution in [2.75, 3.05) is 19.9 Å². The van der Waals surface area contributed by atoms with Crippen LogP contribution in [0.3, 0.4) is 0 Å². The Balaban J connectivity index is 1.59. The lowest BCUT2D eigenvalue weighted by atomic mass is 9.89. The highest BCUT2D eigenvalue weighted by molar-refractivity contribution is 5.45. The first-order valence-electron chi connectivity index (χ1n) is 7.66. The molecule has 2 N–H and O–H groups in total. The highest BCUT2D eigenvalue weighted by atomic mass is 16.7. The lowest BCUT2D eigenvalue weighted by molar-refractivity contribution is 0.147. The summed E-state index contributed by atoms with van der Waals surface area (Å²) in [5, 5.41) is 17.4. The summed E-state index contributed by atoms with van der Waals surface area (Å²) in [6, 6.07) is 5.94. The molecule has 0 amide bonds. The van der Waals surface area contributed by atoms with Crippen LogP contribution in [0.2, 0.25) is 0 Å². The van der Waals surface area contributed by atoms with Crippen molar-refractivity contribution in [2.45, 2.75) is 25.2 Å². The fourth-order valence-corrected chi connectivity index (χ4v) is 3.26. The Hall–Kier alpha value is -2.21. The van der Waals surface area contributed by atoms with Gasteiger partial charge in [-0.2, -0.15) is 0 Å². The van der Waals surface area contributed by atoms with Gasteiger partial charge < -0.3 is 20.0 Å². The third-order valence-electron chi connectivity index (χ3n) is 4.40. The van der Waals surface area contributed by atoms with Gasteiger partial charge in [-0.3, -0.25) is 0 Å². The number of nitrogens with one attached hydrogen (secondary N) is 1. The van der Waals surface area contributed by atoms with E-state index in [1.165, 1.54) is 0 Å². The van der Waals surface area contributed by atoms with Crippen LogP contribution in [-0.2, 0) is 6.42 Å². The van der Waals surface area contributed by atoms with Crippen LogP contribution in [0, 0.1) is 0 Å². The van der Waals surface area contributed by atoms with Crippen molar-refractivity contribution in [1.82, 2.24) is 15.3 Å². The molecule has 0 aliphatic carbocycles. The topological polar surface area (TPSA) is 68.5 Å². The standard InChI is InChI=1S/C16H19N3O3/c20-19-9-13(12-3-5-17-6-4-12)14(18-19)7-11-1-2-15-16(8-11)22-10-21-15/h1-2,8-9,12,17,20H,3-7,10H2. The summed E-state index contributed by atoms with van der Waals surface area (Å²) >= 11 is 0. The molecule has 0 atom stereocenters. The van der Waals surface area contributed by atoms with Gasteiger partial charge in [0.05, 0.1) is 11.9 Å². The van der Waals surface area contributed by atoms with Crippen LogP contribution in [0.15, 0.2) is 24.4 Å². The fourth-order valence-electron chi connectivity index (χ4n) is 3.26. The average molecular weight is 301 g/mol. The quantitative estimate of drug-likeness (QED) is 0.848. The van der Waals surface area contributed by atoms with Crippen molar-refractivity contribution < 1.29 is 14.7 Å². The smallest absolute Gasteiger partial charge is 0.231 e. The first kappa shape index (κ1) is 13.5. The molecular weight excluding hydrogens is 282 g/mol. The minimum absolute atomic E-state index is 0.282. The molecule has 4 rings (SSSR count). The van der Waals surface area contributed by atoms with E-state index in [4.69, 9.17) is 9.47 Å². The summed E-state index contributed by atoms with van der Waals surface area (Å²) in [4.78, 5) is 0.944. The number of hydrogen-bond donors (Lipinski definition) is 2. The summed E-state index contributed by atoms with van der Waals surface area (Å²) in [5.74, 6) is 2.03. The summed E-state index contributed by atoms with van der Waals surface area (Å²) in [5.41, 5.74) is 3.20. The van der Waals surface area contributed by atoms with Crippen LogP contribution in [0.25, 0.3) is 0 Å². The molecule has 0 bridgehead atoms. The van der Waals surface area contributed by atoms with Gasteiger partial charge in [0, 0.05) is 12.0 Å². The summed E-state index contributed by atoms with van der Waals surface area (Å²) in [6.45, 7) is 2.32. The molecule has 2 aliphatic rings. The highest BCUT2D eigenvalue weighted by Gasteiger charge is 2.22. The highest BCUT2D eigenvalue weighted by Crippen LogP contribution is 2.34. The third-order valence-corrected chi connectivity index (χ3v) is 4.40. The van der Waals surface area contributed by atoms with E-state index in [1.807, 2.05) is 18.2 Å². The summed E-state index contributed by atoms with van der Waals surface area (Å²) in [7, 11) is 0. The molecule has 1 aromatic carbocycles. The van der Waals surface area contributed by atoms with Gasteiger partial charge in [-0.25, -0.2) is 0 Å². The van der Waals surface area contributed by atoms with Gasteiger partial charge in [-0.15, -0.1) is 9.94 Å². The van der Waals surface area contributed by atoms with Crippen LogP contribution < -0.4 is 14.8 Å². The Morgan fingerprint density at radius 3 is 2.91 bits per heavy atom. The van der Waals surface area contributed by atoms with E-state index in [2.05, 4.69) is 10.4 Å². The van der Waals surface area contributed by atoms with E-state index < -0.39 is 0 Å². The van der Waals surface area contributed by atoms with E-state index in [-0.39, 0.29) is 6.79 Å². The van der Waals surface area contributed by atoms with Gasteiger partial charge in [0.1, 0.15) is 0 Å². The number of rotatable bonds is 3. The van der Waals surface area contributed by atoms with Crippen LogP contribution in [-0.4, -0.2) is 35.0 Å². The molecule has 2 aromatic rings. The van der Waals surface area contributed by atoms with Crippen molar-refractivity contribution in [3.8, 4) is 11.5 Å². The normalized spacial score (nSPS) is 17.8. The van der Waals surface area contributed by atoms with Crippen molar-refractivity contribution >= 4 is 0 Å². The molecule has 0 saturated carbocycles. The van der Waals surface area contributed by atoms with Crippen molar-refractivity contribution in [1.29, 1.82) is 0 Å². The minimum Gasteiger partial charge on any atom is -0.454 e. The molecule has 0 spiro atoms. The van der Waals surface area contributed by atoms with Gasteiger partial charge in [0.15, 0.2) is 11.5 Å². The maximum atomic E-state index is 9.74. The average Bonchev–Trinajstić information content (AvgIpc) is 3.14. The molecule has 1 saturated heterocycles. The number of ether oxygens (including phenoxy) is 2. The molecule has 6 nitrogen and oxygen atoms in total. The maximum Gasteiger partial charge on any atom is 0.231 e. The molecular formula is C16H19N3O3. The predicted octanol–water partition coefficient (Wildman–Crippen LogP) is 1.91. The molecule has 6 heteroatoms. The van der Waals surface area contributed by atoms with Crippen LogP contribution in [0.1, 0.15) is 35.6 Å². The molecule has 1 aromatic heterocycles. The second-order valence-corrected chi connectivity index (χ2v) is 5.84. The number of hydrogen-bond acceptors (Lipinski definition) is 5. The van der Waals surface area contributed by atoms with Crippen LogP contribution in [0.5, 0.6) is 11.5 Å². The molecule has 3 heterocycles. The summed E-state index contributed by atoms with van der Waals surface area (Å²) < 4.78 is 10.8. The van der Waals surface area contributed by atoms with Gasteiger partial charge in [-0.1, -0.05) is 6.07 Å². The van der Waals surface area contributed by atoms with Gasteiger partial charge in [0.25, 0.3) is 0 Å². The van der Waals surface area contributed by atoms with E-state index in [0.717, 1.165) is 59.1 Å². The van der Waals surface area contributed by atoms with E-state index >= 15 is 0 Å². The Labute approximate surface area is 128 Å². The number of piperidine rings is 1. The lowest BCUT2D eigenvalue weighted by Crippen LogP contribution is -2.26. The molecule has 2 aliphatic heterocycles. The summed E-state index contributed by atoms with van der Waals surface area (Å²) in [6.07, 6.45) is 4.60. The SMILES string of the molecule is On1cc(C2CCNCC2)c(Cc2ccc3c(c2)OCO3)n1. The van der Waals surface area contributed by atoms with Crippen molar-refractivity contribution in [3.05, 3.63) is 41.2 Å². The first-order chi connectivity index (χ1) is 10.8. The number of benzene rings is 1.